The number of anilines is 2. The number of nitrogens with two attached hydrogens (primary N) is 1. The first-order valence-corrected chi connectivity index (χ1v) is 11.0. The number of carbonyl (C=O) groups is 1. The molecular formula is C20H21F3N4O4S. The van der Waals surface area contributed by atoms with Crippen LogP contribution in [0.2, 0.25) is 0 Å². The zero-order valence-corrected chi connectivity index (χ0v) is 17.6. The molecule has 32 heavy (non-hydrogen) atoms. The van der Waals surface area contributed by atoms with Crippen LogP contribution in [0.25, 0.3) is 0 Å². The molecule has 3 N–H and O–H groups in total. The minimum Gasteiger partial charge on any atom is -0.399 e. The zero-order valence-electron chi connectivity index (χ0n) is 16.8. The van der Waals surface area contributed by atoms with Crippen LogP contribution in [-0.4, -0.2) is 44.0 Å². The summed E-state index contributed by atoms with van der Waals surface area (Å²) in [5.74, 6) is -0.427. The molecule has 0 aromatic heterocycles. The van der Waals surface area contributed by atoms with Crippen molar-refractivity contribution < 1.29 is 31.2 Å². The maximum absolute atomic E-state index is 12.9. The number of piperidine rings is 1. The smallest absolute Gasteiger partial charge is 0.399 e. The monoisotopic (exact) mass is 470 g/mol. The summed E-state index contributed by atoms with van der Waals surface area (Å²) in [4.78, 5) is 16.5. The van der Waals surface area contributed by atoms with Gasteiger partial charge in [-0.15, -0.1) is 0 Å². The molecule has 8 nitrogen and oxygen atoms in total. The molecule has 1 aliphatic rings. The molecule has 0 radical (unpaired) electrons. The summed E-state index contributed by atoms with van der Waals surface area (Å²) >= 11 is 0. The number of benzene rings is 2. The zero-order chi connectivity index (χ0) is 23.4. The average Bonchev–Trinajstić information content (AvgIpc) is 2.75. The van der Waals surface area contributed by atoms with Crippen molar-refractivity contribution in [2.75, 3.05) is 30.7 Å². The molecule has 0 unspecified atom stereocenters. The summed E-state index contributed by atoms with van der Waals surface area (Å²) in [6, 6.07) is 10.2. The van der Waals surface area contributed by atoms with Gasteiger partial charge in [0.2, 0.25) is 10.0 Å². The van der Waals surface area contributed by atoms with E-state index < -0.39 is 32.6 Å². The van der Waals surface area contributed by atoms with E-state index in [0.717, 1.165) is 22.5 Å². The highest BCUT2D eigenvalue weighted by Crippen LogP contribution is 2.31. The third-order valence-corrected chi connectivity index (χ3v) is 6.58. The molecule has 2 aromatic rings. The lowest BCUT2D eigenvalue weighted by Crippen LogP contribution is -2.38. The molecule has 1 aliphatic heterocycles. The maximum Gasteiger partial charge on any atom is 0.416 e. The van der Waals surface area contributed by atoms with Gasteiger partial charge < -0.3 is 15.9 Å². The van der Waals surface area contributed by atoms with Crippen molar-refractivity contribution in [3.8, 4) is 0 Å². The van der Waals surface area contributed by atoms with Crippen LogP contribution in [0.3, 0.4) is 0 Å². The standard InChI is InChI=1S/C20H21F3N4O4S/c21-20(22,23)14-2-1-3-18(12-14)32(29,30)27-10-8-17(9-11-27)26-31-13-19(28)25-16-6-4-15(24)5-7-16/h1-7,12H,8-11,13,24H2,(H,25,28). The summed E-state index contributed by atoms with van der Waals surface area (Å²) in [7, 11) is -4.08. The second-order valence-corrected chi connectivity index (χ2v) is 8.97. The Morgan fingerprint density at radius 3 is 2.41 bits per heavy atom. The number of hydrogen-bond donors (Lipinski definition) is 2. The highest BCUT2D eigenvalue weighted by Gasteiger charge is 2.33. The molecule has 1 heterocycles. The van der Waals surface area contributed by atoms with Gasteiger partial charge in [0.15, 0.2) is 6.61 Å². The van der Waals surface area contributed by atoms with E-state index in [2.05, 4.69) is 10.5 Å². The predicted octanol–water partition coefficient (Wildman–Crippen LogP) is 3.08. The maximum atomic E-state index is 12.9. The van der Waals surface area contributed by atoms with Crippen LogP contribution in [0.1, 0.15) is 18.4 Å². The molecule has 0 bridgehead atoms. The van der Waals surface area contributed by atoms with E-state index in [1.54, 1.807) is 24.3 Å². The Balaban J connectivity index is 1.52. The number of hydrogen-bond acceptors (Lipinski definition) is 6. The molecule has 1 amide bonds. The molecule has 2 aromatic carbocycles. The number of sulfonamides is 1. The van der Waals surface area contributed by atoms with Crippen LogP contribution in [0.5, 0.6) is 0 Å². The van der Waals surface area contributed by atoms with Crippen LogP contribution in [0.15, 0.2) is 58.6 Å². The highest BCUT2D eigenvalue weighted by molar-refractivity contribution is 7.89. The Labute approximate surface area is 182 Å². The molecule has 172 valence electrons. The van der Waals surface area contributed by atoms with Crippen molar-refractivity contribution in [1.82, 2.24) is 4.31 Å². The minimum absolute atomic E-state index is 0.0401. The molecule has 1 fully saturated rings. The van der Waals surface area contributed by atoms with E-state index >= 15 is 0 Å². The molecule has 0 aliphatic carbocycles. The lowest BCUT2D eigenvalue weighted by atomic mass is 10.1. The van der Waals surface area contributed by atoms with Crippen LogP contribution in [-0.2, 0) is 25.8 Å². The number of rotatable bonds is 6. The number of nitrogens with zero attached hydrogens (tertiary/aromatic N) is 2. The Kier molecular flexibility index (Phi) is 7.04. The van der Waals surface area contributed by atoms with Crippen molar-refractivity contribution in [2.24, 2.45) is 5.16 Å². The quantitative estimate of drug-likeness (QED) is 0.498. The summed E-state index contributed by atoms with van der Waals surface area (Å²) in [6.45, 7) is -0.253. The normalized spacial score (nSPS) is 15.3. The van der Waals surface area contributed by atoms with E-state index in [9.17, 15) is 26.4 Å². The molecular weight excluding hydrogens is 449 g/mol. The summed E-state index contributed by atoms with van der Waals surface area (Å²) in [6.07, 6.45) is -4.17. The van der Waals surface area contributed by atoms with E-state index in [-0.39, 0.29) is 32.5 Å². The predicted molar refractivity (Wildman–Crippen MR) is 112 cm³/mol. The van der Waals surface area contributed by atoms with Gasteiger partial charge in [0.25, 0.3) is 5.91 Å². The fourth-order valence-corrected chi connectivity index (χ4v) is 4.49. The molecule has 12 heteroatoms. The fourth-order valence-electron chi connectivity index (χ4n) is 3.00. The third kappa shape index (κ3) is 5.98. The van der Waals surface area contributed by atoms with Gasteiger partial charge in [0.05, 0.1) is 16.2 Å². The van der Waals surface area contributed by atoms with Gasteiger partial charge in [0, 0.05) is 37.3 Å². The Morgan fingerprint density at radius 1 is 1.12 bits per heavy atom. The summed E-state index contributed by atoms with van der Waals surface area (Å²) in [5.41, 5.74) is 6.22. The van der Waals surface area contributed by atoms with E-state index in [1.165, 1.54) is 0 Å². The molecule has 3 rings (SSSR count). The third-order valence-electron chi connectivity index (χ3n) is 4.68. The lowest BCUT2D eigenvalue weighted by Gasteiger charge is -2.26. The van der Waals surface area contributed by atoms with Crippen LogP contribution >= 0.6 is 0 Å². The number of alkyl halides is 3. The first-order chi connectivity index (χ1) is 15.1. The molecule has 1 saturated heterocycles. The number of carbonyl (C=O) groups excluding carboxylic acids is 1. The van der Waals surface area contributed by atoms with Crippen molar-refractivity contribution in [2.45, 2.75) is 23.9 Å². The van der Waals surface area contributed by atoms with E-state index in [1.807, 2.05) is 0 Å². The molecule has 0 spiro atoms. The molecule has 0 atom stereocenters. The van der Waals surface area contributed by atoms with Gasteiger partial charge in [0.1, 0.15) is 0 Å². The van der Waals surface area contributed by atoms with Gasteiger partial charge >= 0.3 is 6.18 Å². The second-order valence-electron chi connectivity index (χ2n) is 7.03. The van der Waals surface area contributed by atoms with Gasteiger partial charge in [-0.3, -0.25) is 4.79 Å². The first kappa shape index (κ1) is 23.5. The Bertz CT molecular complexity index is 1090. The largest absolute Gasteiger partial charge is 0.416 e. The number of halogens is 3. The second kappa shape index (κ2) is 9.57. The van der Waals surface area contributed by atoms with Crippen LogP contribution < -0.4 is 11.1 Å². The van der Waals surface area contributed by atoms with Crippen LogP contribution in [0.4, 0.5) is 24.5 Å². The topological polar surface area (TPSA) is 114 Å². The number of amides is 1. The van der Waals surface area contributed by atoms with Gasteiger partial charge in [-0.2, -0.15) is 17.5 Å². The van der Waals surface area contributed by atoms with Crippen LogP contribution in [0, 0.1) is 0 Å². The fraction of sp³-hybridized carbons (Fsp3) is 0.300. The molecule has 0 saturated carbocycles. The van der Waals surface area contributed by atoms with Crippen molar-refractivity contribution in [1.29, 1.82) is 0 Å². The van der Waals surface area contributed by atoms with E-state index in [0.29, 0.717) is 23.2 Å². The summed E-state index contributed by atoms with van der Waals surface area (Å²) < 4.78 is 65.2. The van der Waals surface area contributed by atoms with Gasteiger partial charge in [-0.25, -0.2) is 8.42 Å². The average molecular weight is 470 g/mol. The van der Waals surface area contributed by atoms with Gasteiger partial charge in [-0.1, -0.05) is 11.2 Å². The first-order valence-electron chi connectivity index (χ1n) is 9.56. The van der Waals surface area contributed by atoms with Gasteiger partial charge in [-0.05, 0) is 42.5 Å². The Hall–Kier alpha value is -3.12. The van der Waals surface area contributed by atoms with Crippen molar-refractivity contribution in [3.63, 3.8) is 0 Å². The van der Waals surface area contributed by atoms with Crippen molar-refractivity contribution in [3.05, 3.63) is 54.1 Å². The van der Waals surface area contributed by atoms with E-state index in [4.69, 9.17) is 10.6 Å². The SMILES string of the molecule is Nc1ccc(NC(=O)CON=C2CCN(S(=O)(=O)c3cccc(C(F)(F)F)c3)CC2)cc1. The number of nitrogens with one attached hydrogen (secondary N) is 1. The Morgan fingerprint density at radius 2 is 1.78 bits per heavy atom. The lowest BCUT2D eigenvalue weighted by molar-refractivity contribution is -0.137. The summed E-state index contributed by atoms with van der Waals surface area (Å²) in [5, 5.41) is 6.49. The highest BCUT2D eigenvalue weighted by atomic mass is 32.2. The minimum atomic E-state index is -4.63. The number of nitrogen functional groups attached to an aromatic ring is 1. The van der Waals surface area contributed by atoms with Crippen molar-refractivity contribution >= 4 is 33.0 Å². The number of oxime groups is 1.